The van der Waals surface area contributed by atoms with Gasteiger partial charge < -0.3 is 15.4 Å². The van der Waals surface area contributed by atoms with E-state index < -0.39 is 0 Å². The normalized spacial score (nSPS) is 21.6. The van der Waals surface area contributed by atoms with E-state index in [2.05, 4.69) is 10.6 Å². The second-order valence-electron chi connectivity index (χ2n) is 4.60. The fourth-order valence-corrected chi connectivity index (χ4v) is 2.33. The van der Waals surface area contributed by atoms with Gasteiger partial charge in [0.05, 0.1) is 11.0 Å². The predicted octanol–water partition coefficient (Wildman–Crippen LogP) is 2.62. The first kappa shape index (κ1) is 13.6. The van der Waals surface area contributed by atoms with E-state index in [1.165, 1.54) is 0 Å². The van der Waals surface area contributed by atoms with Crippen molar-refractivity contribution in [3.63, 3.8) is 0 Å². The summed E-state index contributed by atoms with van der Waals surface area (Å²) in [4.78, 5) is 10.8. The van der Waals surface area contributed by atoms with Gasteiger partial charge in [-0.15, -0.1) is 0 Å². The summed E-state index contributed by atoms with van der Waals surface area (Å²) in [6.45, 7) is 2.69. The van der Waals surface area contributed by atoms with Crippen LogP contribution < -0.4 is 10.6 Å². The van der Waals surface area contributed by atoms with Crippen molar-refractivity contribution in [2.75, 3.05) is 24.3 Å². The Hall–Kier alpha value is -1.82. The Labute approximate surface area is 112 Å². The topological polar surface area (TPSA) is 76.4 Å². The minimum atomic E-state index is -0.354. The van der Waals surface area contributed by atoms with Gasteiger partial charge in [-0.1, -0.05) is 6.07 Å². The highest BCUT2D eigenvalue weighted by atomic mass is 16.6. The molecule has 2 rings (SSSR count). The Morgan fingerprint density at radius 1 is 1.42 bits per heavy atom. The first-order valence-electron chi connectivity index (χ1n) is 6.49. The second kappa shape index (κ2) is 5.88. The van der Waals surface area contributed by atoms with Crippen LogP contribution in [0.5, 0.6) is 0 Å². The molecule has 1 saturated carbocycles. The molecule has 104 valence electrons. The fourth-order valence-electron chi connectivity index (χ4n) is 2.33. The van der Waals surface area contributed by atoms with E-state index in [0.29, 0.717) is 18.0 Å². The maximum absolute atomic E-state index is 11.2. The highest BCUT2D eigenvalue weighted by molar-refractivity contribution is 5.76. The van der Waals surface area contributed by atoms with Gasteiger partial charge in [0.2, 0.25) is 0 Å². The summed E-state index contributed by atoms with van der Waals surface area (Å²) in [5.74, 6) is 0. The highest BCUT2D eigenvalue weighted by Gasteiger charge is 2.31. The largest absolute Gasteiger partial charge is 0.382 e. The summed E-state index contributed by atoms with van der Waals surface area (Å²) in [7, 11) is 1.68. The Bertz CT molecular complexity index is 458. The van der Waals surface area contributed by atoms with E-state index >= 15 is 0 Å². The third-order valence-corrected chi connectivity index (χ3v) is 3.34. The lowest BCUT2D eigenvalue weighted by molar-refractivity contribution is -0.383. The van der Waals surface area contributed by atoms with Gasteiger partial charge in [-0.3, -0.25) is 10.1 Å². The number of hydrogen-bond donors (Lipinski definition) is 2. The smallest absolute Gasteiger partial charge is 0.315 e. The number of nitrogens with zero attached hydrogens (tertiary/aromatic N) is 1. The van der Waals surface area contributed by atoms with Gasteiger partial charge >= 0.3 is 5.69 Å². The lowest BCUT2D eigenvalue weighted by atomic mass is 9.89. The van der Waals surface area contributed by atoms with Crippen LogP contribution in [-0.2, 0) is 4.74 Å². The van der Waals surface area contributed by atoms with Crippen LogP contribution in [0, 0.1) is 10.1 Å². The zero-order valence-electron chi connectivity index (χ0n) is 11.2. The molecule has 19 heavy (non-hydrogen) atoms. The third kappa shape index (κ3) is 2.96. The van der Waals surface area contributed by atoms with Crippen molar-refractivity contribution in [1.29, 1.82) is 0 Å². The van der Waals surface area contributed by atoms with Crippen LogP contribution in [0.3, 0.4) is 0 Å². The molecule has 1 aliphatic carbocycles. The van der Waals surface area contributed by atoms with E-state index in [4.69, 9.17) is 4.74 Å². The summed E-state index contributed by atoms with van der Waals surface area (Å²) >= 11 is 0. The summed E-state index contributed by atoms with van der Waals surface area (Å²) in [5.41, 5.74) is 1.19. The zero-order chi connectivity index (χ0) is 13.8. The van der Waals surface area contributed by atoms with Crippen LogP contribution in [0.4, 0.5) is 17.1 Å². The third-order valence-electron chi connectivity index (χ3n) is 3.34. The van der Waals surface area contributed by atoms with Gasteiger partial charge in [-0.2, -0.15) is 0 Å². The Morgan fingerprint density at radius 2 is 2.11 bits per heavy atom. The van der Waals surface area contributed by atoms with Crippen LogP contribution >= 0.6 is 0 Å². The maximum atomic E-state index is 11.2. The van der Waals surface area contributed by atoms with Gasteiger partial charge in [-0.25, -0.2) is 0 Å². The molecule has 0 aliphatic heterocycles. The molecular weight excluding hydrogens is 246 g/mol. The van der Waals surface area contributed by atoms with Crippen molar-refractivity contribution in [3.8, 4) is 0 Å². The molecule has 1 aromatic carbocycles. The Kier molecular flexibility index (Phi) is 4.21. The maximum Gasteiger partial charge on any atom is 0.315 e. The molecule has 0 spiro atoms. The molecule has 0 unspecified atom stereocenters. The van der Waals surface area contributed by atoms with Crippen molar-refractivity contribution >= 4 is 17.1 Å². The molecule has 0 aromatic heterocycles. The number of benzene rings is 1. The number of nitro groups is 1. The molecule has 0 atom stereocenters. The standard InChI is InChI=1S/C13H19N3O3/c1-3-19-10-7-9(8-10)15-12-6-4-5-11(14-2)13(12)16(17)18/h4-6,9-10,14-15H,3,7-8H2,1-2H3. The van der Waals surface area contributed by atoms with E-state index in [9.17, 15) is 10.1 Å². The van der Waals surface area contributed by atoms with Crippen molar-refractivity contribution in [3.05, 3.63) is 28.3 Å². The van der Waals surface area contributed by atoms with Crippen LogP contribution in [-0.4, -0.2) is 30.7 Å². The Morgan fingerprint density at radius 3 is 2.68 bits per heavy atom. The second-order valence-corrected chi connectivity index (χ2v) is 4.60. The monoisotopic (exact) mass is 265 g/mol. The molecule has 0 bridgehead atoms. The fraction of sp³-hybridized carbons (Fsp3) is 0.538. The first-order valence-corrected chi connectivity index (χ1v) is 6.49. The molecule has 0 amide bonds. The minimum absolute atomic E-state index is 0.102. The molecule has 2 N–H and O–H groups in total. The number of anilines is 2. The molecule has 1 aliphatic rings. The minimum Gasteiger partial charge on any atom is -0.382 e. The molecule has 6 heteroatoms. The average Bonchev–Trinajstić information content (AvgIpc) is 2.35. The molecule has 1 fully saturated rings. The molecule has 0 saturated heterocycles. The molecule has 1 aromatic rings. The van der Waals surface area contributed by atoms with Crippen molar-refractivity contribution in [2.45, 2.75) is 31.9 Å². The van der Waals surface area contributed by atoms with E-state index in [-0.39, 0.29) is 22.8 Å². The van der Waals surface area contributed by atoms with Gasteiger partial charge in [0.25, 0.3) is 0 Å². The van der Waals surface area contributed by atoms with Gasteiger partial charge in [0, 0.05) is 19.7 Å². The lowest BCUT2D eigenvalue weighted by Gasteiger charge is -2.35. The van der Waals surface area contributed by atoms with E-state index in [1.807, 2.05) is 6.92 Å². The van der Waals surface area contributed by atoms with Crippen LogP contribution in [0.15, 0.2) is 18.2 Å². The van der Waals surface area contributed by atoms with Crippen molar-refractivity contribution in [2.24, 2.45) is 0 Å². The first-order chi connectivity index (χ1) is 9.15. The highest BCUT2D eigenvalue weighted by Crippen LogP contribution is 2.35. The molecular formula is C13H19N3O3. The number of hydrogen-bond acceptors (Lipinski definition) is 5. The average molecular weight is 265 g/mol. The predicted molar refractivity (Wildman–Crippen MR) is 74.7 cm³/mol. The van der Waals surface area contributed by atoms with Gasteiger partial charge in [0.15, 0.2) is 0 Å². The number of nitro benzene ring substituents is 1. The van der Waals surface area contributed by atoms with Crippen molar-refractivity contribution < 1.29 is 9.66 Å². The number of rotatable bonds is 6. The van der Waals surface area contributed by atoms with Crippen molar-refractivity contribution in [1.82, 2.24) is 0 Å². The number of para-hydroxylation sites is 1. The van der Waals surface area contributed by atoms with Crippen LogP contribution in [0.2, 0.25) is 0 Å². The van der Waals surface area contributed by atoms with E-state index in [1.54, 1.807) is 25.2 Å². The zero-order valence-corrected chi connectivity index (χ0v) is 11.2. The summed E-state index contributed by atoms with van der Waals surface area (Å²) in [6, 6.07) is 5.50. The summed E-state index contributed by atoms with van der Waals surface area (Å²) in [6.07, 6.45) is 2.08. The van der Waals surface area contributed by atoms with Crippen LogP contribution in [0.1, 0.15) is 19.8 Å². The Balaban J connectivity index is 2.07. The SMILES string of the molecule is CCOC1CC(Nc2cccc(NC)c2[N+](=O)[O-])C1. The number of ether oxygens (including phenoxy) is 1. The quantitative estimate of drug-likeness (QED) is 0.610. The summed E-state index contributed by atoms with van der Waals surface area (Å²) < 4.78 is 5.48. The number of nitrogens with one attached hydrogen (secondary N) is 2. The lowest BCUT2D eigenvalue weighted by Crippen LogP contribution is -2.40. The van der Waals surface area contributed by atoms with Gasteiger partial charge in [0.1, 0.15) is 11.4 Å². The molecule has 0 heterocycles. The van der Waals surface area contributed by atoms with Gasteiger partial charge in [-0.05, 0) is 31.9 Å². The molecule has 0 radical (unpaired) electrons. The molecule has 6 nitrogen and oxygen atoms in total. The van der Waals surface area contributed by atoms with Crippen LogP contribution in [0.25, 0.3) is 0 Å². The summed E-state index contributed by atoms with van der Waals surface area (Å²) in [5, 5.41) is 17.2. The van der Waals surface area contributed by atoms with E-state index in [0.717, 1.165) is 12.8 Å².